The quantitative estimate of drug-likeness (QED) is 0.689. The minimum Gasteiger partial charge on any atom is -0.471 e. The first kappa shape index (κ1) is 22.2. The van der Waals surface area contributed by atoms with Gasteiger partial charge in [0.1, 0.15) is 5.82 Å². The van der Waals surface area contributed by atoms with Crippen LogP contribution in [0.5, 0.6) is 5.88 Å². The van der Waals surface area contributed by atoms with Gasteiger partial charge in [-0.15, -0.1) is 0 Å². The van der Waals surface area contributed by atoms with Gasteiger partial charge in [0.15, 0.2) is 6.61 Å². The molecule has 0 aromatic carbocycles. The summed E-state index contributed by atoms with van der Waals surface area (Å²) in [5, 5.41) is 0. The number of primary amides is 1. The molecule has 7 nitrogen and oxygen atoms in total. The van der Waals surface area contributed by atoms with Crippen LogP contribution in [0.15, 0.2) is 30.6 Å². The van der Waals surface area contributed by atoms with E-state index in [9.17, 15) is 18.4 Å². The smallest absolute Gasteiger partial charge is 0.272 e. The summed E-state index contributed by atoms with van der Waals surface area (Å²) in [6, 6.07) is 4.23. The third-order valence-corrected chi connectivity index (χ3v) is 4.39. The number of carbonyl (C=O) groups excluding carboxylic acids is 2. The summed E-state index contributed by atoms with van der Waals surface area (Å²) in [6.07, 6.45) is 1.04. The van der Waals surface area contributed by atoms with Gasteiger partial charge in [-0.2, -0.15) is 0 Å². The van der Waals surface area contributed by atoms with E-state index in [1.54, 1.807) is 19.9 Å². The molecule has 9 heteroatoms. The van der Waals surface area contributed by atoms with E-state index in [0.29, 0.717) is 17.5 Å². The van der Waals surface area contributed by atoms with Crippen molar-refractivity contribution in [3.63, 3.8) is 0 Å². The number of hydrogen-bond donors (Lipinski definition) is 1. The van der Waals surface area contributed by atoms with E-state index < -0.39 is 25.0 Å². The van der Waals surface area contributed by atoms with Crippen molar-refractivity contribution < 1.29 is 23.1 Å². The number of aromatic nitrogens is 2. The molecule has 1 unspecified atom stereocenters. The largest absolute Gasteiger partial charge is 0.471 e. The Balaban J connectivity index is 2.41. The first-order valence-corrected chi connectivity index (χ1v) is 9.26. The summed E-state index contributed by atoms with van der Waals surface area (Å²) in [7, 11) is 0. The lowest BCUT2D eigenvalue weighted by Gasteiger charge is -2.29. The topological polar surface area (TPSA) is 98.4 Å². The van der Waals surface area contributed by atoms with Gasteiger partial charge in [0.05, 0.1) is 6.04 Å². The number of aryl methyl sites for hydroxylation is 1. The first-order valence-electron chi connectivity index (χ1n) is 9.26. The molecule has 2 N–H and O–H groups in total. The van der Waals surface area contributed by atoms with Gasteiger partial charge in [-0.05, 0) is 37.1 Å². The van der Waals surface area contributed by atoms with Crippen LogP contribution >= 0.6 is 0 Å². The van der Waals surface area contributed by atoms with E-state index in [4.69, 9.17) is 10.5 Å². The van der Waals surface area contributed by atoms with Crippen molar-refractivity contribution in [2.75, 3.05) is 11.5 Å². The van der Waals surface area contributed by atoms with Gasteiger partial charge in [-0.1, -0.05) is 13.8 Å². The molecule has 0 aliphatic carbocycles. The highest BCUT2D eigenvalue weighted by molar-refractivity contribution is 5.96. The Labute approximate surface area is 167 Å². The van der Waals surface area contributed by atoms with Crippen LogP contribution in [-0.4, -0.2) is 34.8 Å². The molecule has 2 heterocycles. The molecule has 2 aromatic rings. The predicted molar refractivity (Wildman–Crippen MR) is 104 cm³/mol. The van der Waals surface area contributed by atoms with Gasteiger partial charge < -0.3 is 10.5 Å². The summed E-state index contributed by atoms with van der Waals surface area (Å²) >= 11 is 0. The van der Waals surface area contributed by atoms with Crippen LogP contribution < -0.4 is 15.4 Å². The Morgan fingerprint density at radius 2 is 1.97 bits per heavy atom. The number of anilines is 1. The lowest BCUT2D eigenvalue weighted by Crippen LogP contribution is -2.34. The number of nitrogens with zero attached hydrogens (tertiary/aromatic N) is 3. The minimum absolute atomic E-state index is 0.144. The van der Waals surface area contributed by atoms with Crippen LogP contribution in [0.3, 0.4) is 0 Å². The number of ether oxygens (including phenoxy) is 1. The Morgan fingerprint density at radius 1 is 1.24 bits per heavy atom. The fourth-order valence-electron chi connectivity index (χ4n) is 2.83. The molecule has 1 atom stereocenters. The molecular weight excluding hydrogens is 382 g/mol. The van der Waals surface area contributed by atoms with E-state index in [2.05, 4.69) is 9.97 Å². The zero-order chi connectivity index (χ0) is 21.6. The Bertz CT molecular complexity index is 877. The molecule has 0 bridgehead atoms. The molecule has 29 heavy (non-hydrogen) atoms. The van der Waals surface area contributed by atoms with Crippen LogP contribution in [0.25, 0.3) is 0 Å². The normalized spacial score (nSPS) is 11.9. The van der Waals surface area contributed by atoms with Crippen LogP contribution in [0.1, 0.15) is 54.7 Å². The molecule has 0 aliphatic heterocycles. The first-order chi connectivity index (χ1) is 13.8. The molecule has 0 aliphatic rings. The monoisotopic (exact) mass is 406 g/mol. The number of nitrogens with two attached hydrogens (primary N) is 1. The van der Waals surface area contributed by atoms with Gasteiger partial charge in [-0.3, -0.25) is 14.5 Å². The van der Waals surface area contributed by atoms with Crippen molar-refractivity contribution in [3.05, 3.63) is 47.3 Å². The zero-order valence-electron chi connectivity index (χ0n) is 16.6. The third kappa shape index (κ3) is 5.46. The Hall–Kier alpha value is -3.10. The molecule has 0 radical (unpaired) electrons. The van der Waals surface area contributed by atoms with Crippen LogP contribution in [-0.2, 0) is 11.2 Å². The number of halogens is 2. The Morgan fingerprint density at radius 3 is 2.55 bits per heavy atom. The Kier molecular flexibility index (Phi) is 7.58. The molecule has 2 amide bonds. The molecule has 0 fully saturated rings. The van der Waals surface area contributed by atoms with Gasteiger partial charge in [0, 0.05) is 29.9 Å². The summed E-state index contributed by atoms with van der Waals surface area (Å²) in [6.45, 7) is 4.63. The van der Waals surface area contributed by atoms with Gasteiger partial charge >= 0.3 is 0 Å². The standard InChI is InChI=1S/C20H24F2N4O3/c1-4-13-8-15(10-25-20(13)29-11-16(21)22)12(3)26(18(27)5-2)17-9-14(19(23)28)6-7-24-17/h6-10,12,16H,4-5,11H2,1-3H3,(H2,23,28). The van der Waals surface area contributed by atoms with Crippen LogP contribution in [0, 0.1) is 0 Å². The number of hydrogen-bond acceptors (Lipinski definition) is 5. The summed E-state index contributed by atoms with van der Waals surface area (Å²) < 4.78 is 29.9. The molecular formula is C20H24F2N4O3. The van der Waals surface area contributed by atoms with Crippen molar-refractivity contribution in [1.82, 2.24) is 9.97 Å². The SMILES string of the molecule is CCC(=O)N(c1cc(C(N)=O)ccn1)C(C)c1cnc(OCC(F)F)c(CC)c1. The number of amides is 2. The van der Waals surface area contributed by atoms with Gasteiger partial charge in [-0.25, -0.2) is 18.7 Å². The summed E-state index contributed by atoms with van der Waals surface area (Å²) in [5.41, 5.74) is 6.90. The second-order valence-electron chi connectivity index (χ2n) is 6.35. The number of alkyl halides is 2. The average molecular weight is 406 g/mol. The van der Waals surface area contributed by atoms with Crippen molar-refractivity contribution in [2.24, 2.45) is 5.73 Å². The predicted octanol–water partition coefficient (Wildman–Crippen LogP) is 3.29. The van der Waals surface area contributed by atoms with Crippen LogP contribution in [0.2, 0.25) is 0 Å². The molecule has 0 saturated carbocycles. The van der Waals surface area contributed by atoms with Crippen molar-refractivity contribution in [1.29, 1.82) is 0 Å². The van der Waals surface area contributed by atoms with Crippen LogP contribution in [0.4, 0.5) is 14.6 Å². The zero-order valence-corrected chi connectivity index (χ0v) is 16.6. The van der Waals surface area contributed by atoms with Crippen molar-refractivity contribution in [2.45, 2.75) is 46.1 Å². The van der Waals surface area contributed by atoms with E-state index in [1.165, 1.54) is 29.4 Å². The fraction of sp³-hybridized carbons (Fsp3) is 0.400. The van der Waals surface area contributed by atoms with Gasteiger partial charge in [0.2, 0.25) is 17.7 Å². The highest BCUT2D eigenvalue weighted by atomic mass is 19.3. The molecule has 156 valence electrons. The highest BCUT2D eigenvalue weighted by Crippen LogP contribution is 2.29. The number of pyridine rings is 2. The molecule has 0 saturated heterocycles. The highest BCUT2D eigenvalue weighted by Gasteiger charge is 2.25. The van der Waals surface area contributed by atoms with E-state index in [1.807, 2.05) is 6.92 Å². The number of carbonyl (C=O) groups is 2. The fourth-order valence-corrected chi connectivity index (χ4v) is 2.83. The maximum Gasteiger partial charge on any atom is 0.272 e. The molecule has 2 aromatic heterocycles. The second kappa shape index (κ2) is 9.90. The average Bonchev–Trinajstić information content (AvgIpc) is 2.72. The second-order valence-corrected chi connectivity index (χ2v) is 6.35. The minimum atomic E-state index is -2.60. The van der Waals surface area contributed by atoms with Crippen molar-refractivity contribution in [3.8, 4) is 5.88 Å². The molecule has 0 spiro atoms. The third-order valence-electron chi connectivity index (χ3n) is 4.39. The maximum absolute atomic E-state index is 12.6. The lowest BCUT2D eigenvalue weighted by atomic mass is 10.0. The van der Waals surface area contributed by atoms with E-state index >= 15 is 0 Å². The summed E-state index contributed by atoms with van der Waals surface area (Å²) in [5.74, 6) is -0.397. The van der Waals surface area contributed by atoms with Gasteiger partial charge in [0.25, 0.3) is 6.43 Å². The lowest BCUT2D eigenvalue weighted by molar-refractivity contribution is -0.118. The van der Waals surface area contributed by atoms with Crippen molar-refractivity contribution >= 4 is 17.6 Å². The van der Waals surface area contributed by atoms with E-state index in [-0.39, 0.29) is 29.6 Å². The van der Waals surface area contributed by atoms with E-state index in [0.717, 1.165) is 0 Å². The maximum atomic E-state index is 12.6. The number of rotatable bonds is 9. The summed E-state index contributed by atoms with van der Waals surface area (Å²) in [4.78, 5) is 34.0. The molecule has 2 rings (SSSR count).